The summed E-state index contributed by atoms with van der Waals surface area (Å²) in [6.45, 7) is 4.08. The van der Waals surface area contributed by atoms with Crippen molar-refractivity contribution in [3.8, 4) is 0 Å². The van der Waals surface area contributed by atoms with E-state index in [4.69, 9.17) is 17.3 Å². The Balaban J connectivity index is 2.72. The molecule has 3 nitrogen and oxygen atoms in total. The van der Waals surface area contributed by atoms with Gasteiger partial charge in [-0.25, -0.2) is 0 Å². The molecule has 2 atom stereocenters. The minimum Gasteiger partial charge on any atom is -0.379 e. The molecule has 0 saturated carbocycles. The van der Waals surface area contributed by atoms with Crippen molar-refractivity contribution >= 4 is 17.3 Å². The maximum atomic E-state index is 5.96. The molecule has 0 aliphatic carbocycles. The average molecular weight is 214 g/mol. The van der Waals surface area contributed by atoms with Gasteiger partial charge in [-0.3, -0.25) is 4.98 Å². The van der Waals surface area contributed by atoms with Crippen LogP contribution in [0.3, 0.4) is 0 Å². The van der Waals surface area contributed by atoms with Crippen LogP contribution in [0.15, 0.2) is 18.5 Å². The number of halogens is 1. The van der Waals surface area contributed by atoms with Crippen LogP contribution in [0.1, 0.15) is 20.3 Å². The first-order valence-corrected chi connectivity index (χ1v) is 5.14. The molecule has 1 rings (SSSR count). The van der Waals surface area contributed by atoms with Crippen molar-refractivity contribution < 1.29 is 0 Å². The first-order valence-electron chi connectivity index (χ1n) is 4.76. The lowest BCUT2D eigenvalue weighted by Gasteiger charge is -2.22. The molecule has 3 N–H and O–H groups in total. The molecule has 0 radical (unpaired) electrons. The van der Waals surface area contributed by atoms with Gasteiger partial charge in [-0.2, -0.15) is 0 Å². The van der Waals surface area contributed by atoms with E-state index in [1.807, 2.05) is 13.0 Å². The normalized spacial score (nSPS) is 14.9. The van der Waals surface area contributed by atoms with Gasteiger partial charge < -0.3 is 11.1 Å². The van der Waals surface area contributed by atoms with E-state index in [9.17, 15) is 0 Å². The first-order chi connectivity index (χ1) is 6.65. The molecule has 14 heavy (non-hydrogen) atoms. The number of nitrogens with zero attached hydrogens (tertiary/aromatic N) is 1. The summed E-state index contributed by atoms with van der Waals surface area (Å²) >= 11 is 5.96. The molecule has 2 unspecified atom stereocenters. The van der Waals surface area contributed by atoms with Crippen LogP contribution in [-0.4, -0.2) is 17.1 Å². The van der Waals surface area contributed by atoms with Crippen LogP contribution in [0.4, 0.5) is 5.69 Å². The van der Waals surface area contributed by atoms with Crippen LogP contribution in [-0.2, 0) is 0 Å². The van der Waals surface area contributed by atoms with Gasteiger partial charge in [-0.05, 0) is 19.4 Å². The third kappa shape index (κ3) is 2.86. The second kappa shape index (κ2) is 5.17. The number of anilines is 1. The van der Waals surface area contributed by atoms with Gasteiger partial charge in [0.2, 0.25) is 0 Å². The molecule has 0 spiro atoms. The first kappa shape index (κ1) is 11.3. The number of nitrogens with two attached hydrogens (primary N) is 1. The van der Waals surface area contributed by atoms with Gasteiger partial charge in [0.25, 0.3) is 0 Å². The fourth-order valence-corrected chi connectivity index (χ4v) is 1.47. The monoisotopic (exact) mass is 213 g/mol. The highest BCUT2D eigenvalue weighted by Crippen LogP contribution is 2.20. The summed E-state index contributed by atoms with van der Waals surface area (Å²) < 4.78 is 0. The molecule has 0 aromatic carbocycles. The van der Waals surface area contributed by atoms with E-state index in [1.165, 1.54) is 0 Å². The smallest absolute Gasteiger partial charge is 0.0820 e. The molecule has 0 fully saturated rings. The maximum Gasteiger partial charge on any atom is 0.0820 e. The van der Waals surface area contributed by atoms with Gasteiger partial charge >= 0.3 is 0 Å². The Morgan fingerprint density at radius 2 is 2.36 bits per heavy atom. The summed E-state index contributed by atoms with van der Waals surface area (Å²) in [4.78, 5) is 3.92. The molecule has 78 valence electrons. The van der Waals surface area contributed by atoms with Gasteiger partial charge in [0.05, 0.1) is 10.7 Å². The molecule has 0 aliphatic rings. The number of hydrogen-bond donors (Lipinski definition) is 2. The second-order valence-corrected chi connectivity index (χ2v) is 3.78. The third-order valence-electron chi connectivity index (χ3n) is 2.19. The minimum absolute atomic E-state index is 0.101. The van der Waals surface area contributed by atoms with Crippen molar-refractivity contribution in [3.63, 3.8) is 0 Å². The quantitative estimate of drug-likeness (QED) is 0.807. The predicted octanol–water partition coefficient (Wildman–Crippen LogP) is 2.27. The zero-order valence-corrected chi connectivity index (χ0v) is 9.25. The second-order valence-electron chi connectivity index (χ2n) is 3.37. The zero-order valence-electron chi connectivity index (χ0n) is 8.50. The van der Waals surface area contributed by atoms with Crippen LogP contribution in [0.2, 0.25) is 5.02 Å². The van der Waals surface area contributed by atoms with Gasteiger partial charge in [0.15, 0.2) is 0 Å². The molecule has 0 aliphatic heterocycles. The lowest BCUT2D eigenvalue weighted by molar-refractivity contribution is 0.579. The summed E-state index contributed by atoms with van der Waals surface area (Å²) in [5.41, 5.74) is 6.72. The predicted molar refractivity (Wildman–Crippen MR) is 60.6 cm³/mol. The van der Waals surface area contributed by atoms with E-state index in [2.05, 4.69) is 17.2 Å². The molecular weight excluding hydrogens is 198 g/mol. The van der Waals surface area contributed by atoms with E-state index < -0.39 is 0 Å². The maximum absolute atomic E-state index is 5.96. The Kier molecular flexibility index (Phi) is 4.17. The number of hydrogen-bond acceptors (Lipinski definition) is 3. The lowest BCUT2D eigenvalue weighted by atomic mass is 10.1. The molecule has 0 amide bonds. The average Bonchev–Trinajstić information content (AvgIpc) is 2.16. The van der Waals surface area contributed by atoms with Crippen molar-refractivity contribution in [1.82, 2.24) is 4.98 Å². The van der Waals surface area contributed by atoms with Crippen LogP contribution in [0, 0.1) is 0 Å². The van der Waals surface area contributed by atoms with Crippen LogP contribution < -0.4 is 11.1 Å². The van der Waals surface area contributed by atoms with Gasteiger partial charge in [0.1, 0.15) is 0 Å². The topological polar surface area (TPSA) is 50.9 Å². The summed E-state index contributed by atoms with van der Waals surface area (Å²) in [6, 6.07) is 2.20. The number of nitrogens with one attached hydrogen (secondary N) is 1. The zero-order chi connectivity index (χ0) is 10.6. The molecule has 1 aromatic rings. The van der Waals surface area contributed by atoms with Crippen molar-refractivity contribution in [2.24, 2.45) is 5.73 Å². The molecule has 1 heterocycles. The summed E-state index contributed by atoms with van der Waals surface area (Å²) in [7, 11) is 0. The largest absolute Gasteiger partial charge is 0.379 e. The molecule has 0 saturated heterocycles. The highest BCUT2D eigenvalue weighted by atomic mass is 35.5. The van der Waals surface area contributed by atoms with E-state index >= 15 is 0 Å². The summed E-state index contributed by atoms with van der Waals surface area (Å²) in [5, 5.41) is 3.93. The minimum atomic E-state index is 0.101. The van der Waals surface area contributed by atoms with Crippen molar-refractivity contribution in [2.45, 2.75) is 32.4 Å². The number of aromatic nitrogens is 1. The molecule has 0 bridgehead atoms. The Hall–Kier alpha value is -0.800. The lowest BCUT2D eigenvalue weighted by Crippen LogP contribution is -2.37. The Morgan fingerprint density at radius 1 is 1.64 bits per heavy atom. The fourth-order valence-electron chi connectivity index (χ4n) is 1.30. The Morgan fingerprint density at radius 3 is 2.86 bits per heavy atom. The van der Waals surface area contributed by atoms with E-state index in [-0.39, 0.29) is 12.1 Å². The highest BCUT2D eigenvalue weighted by Gasteiger charge is 2.11. The standard InChI is InChI=1S/C10H16ClN3/c1-3-9(7(2)12)14-10-4-5-13-6-8(10)11/h4-7,9H,3,12H2,1-2H3,(H,13,14). The molecule has 1 aromatic heterocycles. The number of rotatable bonds is 4. The van der Waals surface area contributed by atoms with Crippen molar-refractivity contribution in [3.05, 3.63) is 23.5 Å². The number of pyridine rings is 1. The highest BCUT2D eigenvalue weighted by molar-refractivity contribution is 6.33. The van der Waals surface area contributed by atoms with E-state index in [0.717, 1.165) is 12.1 Å². The van der Waals surface area contributed by atoms with E-state index in [0.29, 0.717) is 5.02 Å². The van der Waals surface area contributed by atoms with Crippen molar-refractivity contribution in [2.75, 3.05) is 5.32 Å². The molecule has 4 heteroatoms. The van der Waals surface area contributed by atoms with Gasteiger partial charge in [0, 0.05) is 24.5 Å². The van der Waals surface area contributed by atoms with E-state index in [1.54, 1.807) is 12.4 Å². The summed E-state index contributed by atoms with van der Waals surface area (Å²) in [5.74, 6) is 0. The van der Waals surface area contributed by atoms with Crippen LogP contribution in [0.25, 0.3) is 0 Å². The fraction of sp³-hybridized carbons (Fsp3) is 0.500. The summed E-state index contributed by atoms with van der Waals surface area (Å²) in [6.07, 6.45) is 4.30. The Labute approximate surface area is 89.7 Å². The van der Waals surface area contributed by atoms with Crippen molar-refractivity contribution in [1.29, 1.82) is 0 Å². The van der Waals surface area contributed by atoms with Crippen LogP contribution in [0.5, 0.6) is 0 Å². The SMILES string of the molecule is CCC(Nc1ccncc1Cl)C(C)N. The molecular formula is C10H16ClN3. The van der Waals surface area contributed by atoms with Gasteiger partial charge in [-0.1, -0.05) is 18.5 Å². The Bertz CT molecular complexity index is 288. The van der Waals surface area contributed by atoms with Gasteiger partial charge in [-0.15, -0.1) is 0 Å². The third-order valence-corrected chi connectivity index (χ3v) is 2.49. The van der Waals surface area contributed by atoms with Crippen LogP contribution >= 0.6 is 11.6 Å².